The number of aliphatic hydroxyl groups excluding tert-OH is 1. The van der Waals surface area contributed by atoms with Gasteiger partial charge in [-0.15, -0.1) is 0 Å². The maximum absolute atomic E-state index is 9.43. The van der Waals surface area contributed by atoms with E-state index in [-0.39, 0.29) is 6.10 Å². The van der Waals surface area contributed by atoms with E-state index in [1.807, 2.05) is 12.1 Å². The van der Waals surface area contributed by atoms with E-state index in [1.54, 1.807) is 6.07 Å². The summed E-state index contributed by atoms with van der Waals surface area (Å²) >= 11 is 0. The minimum absolute atomic E-state index is 0.157. The molecule has 1 fully saturated rings. The molecule has 4 nitrogen and oxygen atoms in total. The molecule has 0 unspecified atom stereocenters. The summed E-state index contributed by atoms with van der Waals surface area (Å²) < 4.78 is 0. The van der Waals surface area contributed by atoms with Crippen LogP contribution in [0.25, 0.3) is 0 Å². The number of hydrogen-bond donors (Lipinski definition) is 3. The van der Waals surface area contributed by atoms with Gasteiger partial charge in [-0.25, -0.2) is 0 Å². The normalized spacial score (nSPS) is 24.0. The first-order chi connectivity index (χ1) is 8.20. The van der Waals surface area contributed by atoms with Crippen molar-refractivity contribution in [3.63, 3.8) is 0 Å². The van der Waals surface area contributed by atoms with Gasteiger partial charge < -0.3 is 16.2 Å². The van der Waals surface area contributed by atoms with Gasteiger partial charge in [-0.2, -0.15) is 5.26 Å². The molecule has 0 amide bonds. The molecule has 1 aromatic carbocycles. The Hall–Kier alpha value is -1.73. The second kappa shape index (κ2) is 5.07. The van der Waals surface area contributed by atoms with Crippen LogP contribution in [-0.2, 0) is 0 Å². The topological polar surface area (TPSA) is 82.1 Å². The summed E-state index contributed by atoms with van der Waals surface area (Å²) in [6, 6.07) is 7.85. The summed E-state index contributed by atoms with van der Waals surface area (Å²) in [4.78, 5) is 0. The second-order valence-electron chi connectivity index (χ2n) is 4.53. The van der Waals surface area contributed by atoms with E-state index < -0.39 is 0 Å². The third kappa shape index (κ3) is 2.69. The van der Waals surface area contributed by atoms with Crippen LogP contribution in [0.5, 0.6) is 0 Å². The highest BCUT2D eigenvalue weighted by Gasteiger charge is 2.19. The minimum Gasteiger partial charge on any atom is -0.396 e. The third-order valence-corrected chi connectivity index (χ3v) is 3.28. The van der Waals surface area contributed by atoms with Gasteiger partial charge in [-0.1, -0.05) is 6.07 Å². The molecular weight excluding hydrogens is 214 g/mol. The molecule has 90 valence electrons. The monoisotopic (exact) mass is 231 g/mol. The first-order valence-corrected chi connectivity index (χ1v) is 5.94. The van der Waals surface area contributed by atoms with Crippen molar-refractivity contribution in [1.82, 2.24) is 0 Å². The predicted molar refractivity (Wildman–Crippen MR) is 67.5 cm³/mol. The third-order valence-electron chi connectivity index (χ3n) is 3.28. The highest BCUT2D eigenvalue weighted by atomic mass is 16.3. The molecule has 0 atom stereocenters. The maximum Gasteiger partial charge on any atom is 0.101 e. The zero-order valence-corrected chi connectivity index (χ0v) is 9.69. The Morgan fingerprint density at radius 3 is 2.65 bits per heavy atom. The van der Waals surface area contributed by atoms with Crippen molar-refractivity contribution >= 4 is 11.4 Å². The highest BCUT2D eigenvalue weighted by Crippen LogP contribution is 2.27. The molecule has 1 aromatic rings. The first kappa shape index (κ1) is 11.7. The number of nitrogens with two attached hydrogens (primary N) is 1. The Bertz CT molecular complexity index is 431. The molecule has 17 heavy (non-hydrogen) atoms. The molecule has 0 aromatic heterocycles. The van der Waals surface area contributed by atoms with Crippen LogP contribution in [0, 0.1) is 11.3 Å². The SMILES string of the molecule is N#Cc1cccc(NC2CCC(O)CC2)c1N. The molecule has 1 aliphatic rings. The van der Waals surface area contributed by atoms with Gasteiger partial charge in [-0.3, -0.25) is 0 Å². The largest absolute Gasteiger partial charge is 0.396 e. The van der Waals surface area contributed by atoms with Crippen molar-refractivity contribution in [2.24, 2.45) is 0 Å². The lowest BCUT2D eigenvalue weighted by Crippen LogP contribution is -2.28. The van der Waals surface area contributed by atoms with Gasteiger partial charge in [0.05, 0.1) is 23.0 Å². The average molecular weight is 231 g/mol. The van der Waals surface area contributed by atoms with Gasteiger partial charge in [-0.05, 0) is 37.8 Å². The number of nitrogen functional groups attached to an aromatic ring is 1. The second-order valence-corrected chi connectivity index (χ2v) is 4.53. The van der Waals surface area contributed by atoms with Gasteiger partial charge in [0.15, 0.2) is 0 Å². The molecule has 4 N–H and O–H groups in total. The summed E-state index contributed by atoms with van der Waals surface area (Å²) in [6.45, 7) is 0. The number of benzene rings is 1. The Morgan fingerprint density at radius 1 is 1.29 bits per heavy atom. The molecule has 0 bridgehead atoms. The number of nitriles is 1. The summed E-state index contributed by atoms with van der Waals surface area (Å²) in [6.07, 6.45) is 3.38. The van der Waals surface area contributed by atoms with E-state index in [2.05, 4.69) is 11.4 Å². The molecule has 4 heteroatoms. The fourth-order valence-corrected chi connectivity index (χ4v) is 2.23. The fourth-order valence-electron chi connectivity index (χ4n) is 2.23. The van der Waals surface area contributed by atoms with Crippen LogP contribution >= 0.6 is 0 Å². The van der Waals surface area contributed by atoms with Crippen molar-refractivity contribution in [2.45, 2.75) is 37.8 Å². The molecule has 2 rings (SSSR count). The van der Waals surface area contributed by atoms with E-state index in [0.29, 0.717) is 17.3 Å². The highest BCUT2D eigenvalue weighted by molar-refractivity contribution is 5.73. The summed E-state index contributed by atoms with van der Waals surface area (Å²) in [7, 11) is 0. The Kier molecular flexibility index (Phi) is 3.50. The van der Waals surface area contributed by atoms with Gasteiger partial charge in [0.25, 0.3) is 0 Å². The average Bonchev–Trinajstić information content (AvgIpc) is 2.35. The number of aliphatic hydroxyl groups is 1. The molecular formula is C13H17N3O. The van der Waals surface area contributed by atoms with Crippen LogP contribution in [0.15, 0.2) is 18.2 Å². The number of nitrogens with one attached hydrogen (secondary N) is 1. The lowest BCUT2D eigenvalue weighted by atomic mass is 9.93. The lowest BCUT2D eigenvalue weighted by Gasteiger charge is -2.27. The van der Waals surface area contributed by atoms with E-state index >= 15 is 0 Å². The van der Waals surface area contributed by atoms with Crippen molar-refractivity contribution in [3.05, 3.63) is 23.8 Å². The van der Waals surface area contributed by atoms with Crippen molar-refractivity contribution < 1.29 is 5.11 Å². The van der Waals surface area contributed by atoms with Crippen LogP contribution in [0.3, 0.4) is 0 Å². The molecule has 1 aliphatic carbocycles. The van der Waals surface area contributed by atoms with Gasteiger partial charge in [0.2, 0.25) is 0 Å². The first-order valence-electron chi connectivity index (χ1n) is 5.94. The number of nitrogens with zero attached hydrogens (tertiary/aromatic N) is 1. The summed E-state index contributed by atoms with van der Waals surface area (Å²) in [5, 5.41) is 21.7. The standard InChI is InChI=1S/C13H17N3O/c14-8-9-2-1-3-12(13(9)15)16-10-4-6-11(17)7-5-10/h1-3,10-11,16-17H,4-7,15H2. The fraction of sp³-hybridized carbons (Fsp3) is 0.462. The molecule has 0 heterocycles. The van der Waals surface area contributed by atoms with Crippen LogP contribution in [0.4, 0.5) is 11.4 Å². The molecule has 0 saturated heterocycles. The van der Waals surface area contributed by atoms with Crippen molar-refractivity contribution in [2.75, 3.05) is 11.1 Å². The van der Waals surface area contributed by atoms with E-state index in [9.17, 15) is 5.11 Å². The van der Waals surface area contributed by atoms with Crippen LogP contribution in [0.2, 0.25) is 0 Å². The molecule has 1 saturated carbocycles. The Labute approximate surface area is 101 Å². The molecule has 0 spiro atoms. The number of para-hydroxylation sites is 1. The van der Waals surface area contributed by atoms with Crippen LogP contribution < -0.4 is 11.1 Å². The van der Waals surface area contributed by atoms with E-state index in [1.165, 1.54) is 0 Å². The van der Waals surface area contributed by atoms with Crippen LogP contribution in [-0.4, -0.2) is 17.3 Å². The molecule has 0 radical (unpaired) electrons. The Morgan fingerprint density at radius 2 is 2.00 bits per heavy atom. The zero-order chi connectivity index (χ0) is 12.3. The van der Waals surface area contributed by atoms with E-state index in [4.69, 9.17) is 11.0 Å². The summed E-state index contributed by atoms with van der Waals surface area (Å²) in [5.74, 6) is 0. The predicted octanol–water partition coefficient (Wildman–Crippen LogP) is 1.86. The van der Waals surface area contributed by atoms with Gasteiger partial charge >= 0.3 is 0 Å². The molecule has 0 aliphatic heterocycles. The lowest BCUT2D eigenvalue weighted by molar-refractivity contribution is 0.126. The minimum atomic E-state index is -0.157. The quantitative estimate of drug-likeness (QED) is 0.678. The van der Waals surface area contributed by atoms with Crippen molar-refractivity contribution in [1.29, 1.82) is 5.26 Å². The van der Waals surface area contributed by atoms with E-state index in [0.717, 1.165) is 31.4 Å². The zero-order valence-electron chi connectivity index (χ0n) is 9.69. The smallest absolute Gasteiger partial charge is 0.101 e. The van der Waals surface area contributed by atoms with Gasteiger partial charge in [0, 0.05) is 6.04 Å². The Balaban J connectivity index is 2.06. The van der Waals surface area contributed by atoms with Gasteiger partial charge in [0.1, 0.15) is 6.07 Å². The maximum atomic E-state index is 9.43. The van der Waals surface area contributed by atoms with Crippen molar-refractivity contribution in [3.8, 4) is 6.07 Å². The number of rotatable bonds is 2. The number of anilines is 2. The van der Waals surface area contributed by atoms with Crippen LogP contribution in [0.1, 0.15) is 31.2 Å². The number of hydrogen-bond acceptors (Lipinski definition) is 4. The summed E-state index contributed by atoms with van der Waals surface area (Å²) in [5.41, 5.74) is 7.75.